The maximum Gasteiger partial charge on any atom is 0.246 e. The molecule has 0 saturated heterocycles. The van der Waals surface area contributed by atoms with Gasteiger partial charge < -0.3 is 10.6 Å². The summed E-state index contributed by atoms with van der Waals surface area (Å²) in [6.45, 7) is 2.02. The summed E-state index contributed by atoms with van der Waals surface area (Å²) in [7, 11) is 3.75. The smallest absolute Gasteiger partial charge is 0.246 e. The fraction of sp³-hybridized carbons (Fsp3) is 0.625. The molecule has 0 aliphatic carbocycles. The zero-order valence-corrected chi connectivity index (χ0v) is 7.42. The number of nitrogens with two attached hydrogens (primary N) is 1. The van der Waals surface area contributed by atoms with E-state index < -0.39 is 0 Å². The Kier molecular flexibility index (Phi) is 4.34. The molecule has 0 aromatic carbocycles. The van der Waals surface area contributed by atoms with E-state index in [-0.39, 0.29) is 5.91 Å². The minimum atomic E-state index is -0.319. The number of carbonyl (C=O) groups excluding carboxylic acids is 1. The first-order chi connectivity index (χ1) is 5.07. The third kappa shape index (κ3) is 4.42. The summed E-state index contributed by atoms with van der Waals surface area (Å²) in [6.07, 6.45) is 3.47. The summed E-state index contributed by atoms with van der Waals surface area (Å²) in [5.41, 5.74) is 5.83. The summed E-state index contributed by atoms with van der Waals surface area (Å²) < 4.78 is 0. The van der Waals surface area contributed by atoms with E-state index >= 15 is 0 Å². The molecule has 3 heteroatoms. The molecule has 11 heavy (non-hydrogen) atoms. The molecule has 1 amide bonds. The predicted octanol–water partition coefficient (Wildman–Crippen LogP) is 0.717. The normalized spacial score (nSPS) is 11.4. The molecule has 64 valence electrons. The van der Waals surface area contributed by atoms with Gasteiger partial charge in [-0.15, -0.1) is 0 Å². The first-order valence-corrected chi connectivity index (χ1v) is 3.74. The van der Waals surface area contributed by atoms with Gasteiger partial charge in [-0.2, -0.15) is 0 Å². The predicted molar refractivity (Wildman–Crippen MR) is 45.9 cm³/mol. The van der Waals surface area contributed by atoms with Gasteiger partial charge in [0.15, 0.2) is 0 Å². The lowest BCUT2D eigenvalue weighted by molar-refractivity contribution is -0.114. The minimum Gasteiger partial charge on any atom is -0.383 e. The first kappa shape index (κ1) is 10.0. The Morgan fingerprint density at radius 1 is 1.55 bits per heavy atom. The zero-order chi connectivity index (χ0) is 8.85. The highest BCUT2D eigenvalue weighted by atomic mass is 16.1. The highest BCUT2D eigenvalue weighted by molar-refractivity contribution is 5.91. The fourth-order valence-corrected chi connectivity index (χ4v) is 0.832. The Hall–Kier alpha value is -0.990. The molecule has 0 bridgehead atoms. The maximum absolute atomic E-state index is 10.8. The van der Waals surface area contributed by atoms with Gasteiger partial charge in [-0.25, -0.2) is 0 Å². The van der Waals surface area contributed by atoms with E-state index in [4.69, 9.17) is 5.73 Å². The summed E-state index contributed by atoms with van der Waals surface area (Å²) in [5, 5.41) is 0. The molecule has 0 saturated carbocycles. The van der Waals surface area contributed by atoms with E-state index in [1.807, 2.05) is 25.9 Å². The summed E-state index contributed by atoms with van der Waals surface area (Å²) in [6, 6.07) is 0. The SMILES string of the molecule is CCCC(=CN(C)C)C(N)=O. The number of hydrogen-bond acceptors (Lipinski definition) is 2. The minimum absolute atomic E-state index is 0.319. The molecule has 0 aliphatic rings. The molecule has 0 fully saturated rings. The molecule has 0 atom stereocenters. The molecule has 0 heterocycles. The Morgan fingerprint density at radius 2 is 2.09 bits per heavy atom. The lowest BCUT2D eigenvalue weighted by Crippen LogP contribution is -2.16. The van der Waals surface area contributed by atoms with Crippen molar-refractivity contribution < 1.29 is 4.79 Å². The van der Waals surface area contributed by atoms with Gasteiger partial charge in [0.2, 0.25) is 5.91 Å². The van der Waals surface area contributed by atoms with Crippen molar-refractivity contribution in [2.75, 3.05) is 14.1 Å². The number of rotatable bonds is 4. The molecule has 2 N–H and O–H groups in total. The van der Waals surface area contributed by atoms with Crippen LogP contribution in [0, 0.1) is 0 Å². The van der Waals surface area contributed by atoms with Crippen molar-refractivity contribution in [3.05, 3.63) is 11.8 Å². The highest BCUT2D eigenvalue weighted by Crippen LogP contribution is 2.03. The summed E-state index contributed by atoms with van der Waals surface area (Å²) in [5.74, 6) is -0.319. The molecular weight excluding hydrogens is 140 g/mol. The van der Waals surface area contributed by atoms with Crippen molar-refractivity contribution in [1.82, 2.24) is 4.90 Å². The van der Waals surface area contributed by atoms with Crippen LogP contribution in [0.15, 0.2) is 11.8 Å². The van der Waals surface area contributed by atoms with E-state index in [0.29, 0.717) is 5.57 Å². The second-order valence-electron chi connectivity index (χ2n) is 2.73. The van der Waals surface area contributed by atoms with Crippen molar-refractivity contribution in [3.8, 4) is 0 Å². The van der Waals surface area contributed by atoms with E-state index in [1.165, 1.54) is 0 Å². The Labute approximate surface area is 67.9 Å². The van der Waals surface area contributed by atoms with Crippen LogP contribution in [0.3, 0.4) is 0 Å². The van der Waals surface area contributed by atoms with Crippen molar-refractivity contribution >= 4 is 5.91 Å². The van der Waals surface area contributed by atoms with Crippen LogP contribution in [0.4, 0.5) is 0 Å². The molecule has 0 unspecified atom stereocenters. The monoisotopic (exact) mass is 156 g/mol. The first-order valence-electron chi connectivity index (χ1n) is 3.74. The van der Waals surface area contributed by atoms with E-state index in [9.17, 15) is 4.79 Å². The topological polar surface area (TPSA) is 46.3 Å². The van der Waals surface area contributed by atoms with Gasteiger partial charge >= 0.3 is 0 Å². The van der Waals surface area contributed by atoms with Crippen LogP contribution < -0.4 is 5.73 Å². The zero-order valence-electron chi connectivity index (χ0n) is 7.42. The second-order valence-corrected chi connectivity index (χ2v) is 2.73. The number of primary amides is 1. The van der Waals surface area contributed by atoms with Crippen molar-refractivity contribution in [3.63, 3.8) is 0 Å². The molecule has 0 aliphatic heterocycles. The lowest BCUT2D eigenvalue weighted by atomic mass is 10.1. The van der Waals surface area contributed by atoms with Crippen LogP contribution >= 0.6 is 0 Å². The fourth-order valence-electron chi connectivity index (χ4n) is 0.832. The number of carbonyl (C=O) groups is 1. The maximum atomic E-state index is 10.8. The quantitative estimate of drug-likeness (QED) is 0.609. The third-order valence-electron chi connectivity index (χ3n) is 1.25. The largest absolute Gasteiger partial charge is 0.383 e. The van der Waals surface area contributed by atoms with Crippen molar-refractivity contribution in [1.29, 1.82) is 0 Å². The molecule has 0 spiro atoms. The number of nitrogens with zero attached hydrogens (tertiary/aromatic N) is 1. The van der Waals surface area contributed by atoms with Gasteiger partial charge in [0.1, 0.15) is 0 Å². The average molecular weight is 156 g/mol. The number of hydrogen-bond donors (Lipinski definition) is 1. The van der Waals surface area contributed by atoms with Crippen LogP contribution in [0.25, 0.3) is 0 Å². The van der Waals surface area contributed by atoms with Gasteiger partial charge in [0.05, 0.1) is 0 Å². The Morgan fingerprint density at radius 3 is 2.36 bits per heavy atom. The van der Waals surface area contributed by atoms with Crippen LogP contribution in [0.1, 0.15) is 19.8 Å². The van der Waals surface area contributed by atoms with E-state index in [0.717, 1.165) is 12.8 Å². The van der Waals surface area contributed by atoms with Gasteiger partial charge in [-0.05, 0) is 6.42 Å². The number of amides is 1. The molecule has 3 nitrogen and oxygen atoms in total. The van der Waals surface area contributed by atoms with Crippen LogP contribution in [-0.2, 0) is 4.79 Å². The summed E-state index contributed by atoms with van der Waals surface area (Å²) in [4.78, 5) is 12.6. The lowest BCUT2D eigenvalue weighted by Gasteiger charge is -2.07. The Bertz CT molecular complexity index is 161. The molecule has 0 radical (unpaired) electrons. The van der Waals surface area contributed by atoms with E-state index in [2.05, 4.69) is 0 Å². The van der Waals surface area contributed by atoms with Gasteiger partial charge in [-0.1, -0.05) is 13.3 Å². The highest BCUT2D eigenvalue weighted by Gasteiger charge is 2.02. The standard InChI is InChI=1S/C8H16N2O/c1-4-5-7(8(9)11)6-10(2)3/h6H,4-5H2,1-3H3,(H2,9,11). The van der Waals surface area contributed by atoms with Crippen LogP contribution in [-0.4, -0.2) is 24.9 Å². The average Bonchev–Trinajstić information content (AvgIpc) is 1.86. The third-order valence-corrected chi connectivity index (χ3v) is 1.25. The molecular formula is C8H16N2O. The second kappa shape index (κ2) is 4.77. The van der Waals surface area contributed by atoms with Crippen LogP contribution in [0.5, 0.6) is 0 Å². The van der Waals surface area contributed by atoms with E-state index in [1.54, 1.807) is 6.20 Å². The molecule has 0 rings (SSSR count). The van der Waals surface area contributed by atoms with Gasteiger partial charge in [0.25, 0.3) is 0 Å². The van der Waals surface area contributed by atoms with Crippen molar-refractivity contribution in [2.24, 2.45) is 5.73 Å². The molecule has 0 aromatic rings. The Balaban J connectivity index is 4.20. The van der Waals surface area contributed by atoms with Crippen molar-refractivity contribution in [2.45, 2.75) is 19.8 Å². The molecule has 0 aromatic heterocycles. The summed E-state index contributed by atoms with van der Waals surface area (Å²) >= 11 is 0. The van der Waals surface area contributed by atoms with Gasteiger partial charge in [-0.3, -0.25) is 4.79 Å². The van der Waals surface area contributed by atoms with Crippen LogP contribution in [0.2, 0.25) is 0 Å². The van der Waals surface area contributed by atoms with Gasteiger partial charge in [0, 0.05) is 25.9 Å².